The highest BCUT2D eigenvalue weighted by atomic mass is 32.1. The van der Waals surface area contributed by atoms with E-state index in [1.165, 1.54) is 0 Å². The topological polar surface area (TPSA) is 83.5 Å². The average molecular weight is 201 g/mol. The van der Waals surface area contributed by atoms with Gasteiger partial charge in [0.15, 0.2) is 0 Å². The zero-order valence-corrected chi connectivity index (χ0v) is 8.24. The lowest BCUT2D eigenvalue weighted by Gasteiger charge is -2.10. The van der Waals surface area contributed by atoms with Gasteiger partial charge in [-0.1, -0.05) is 6.92 Å². The largest absolute Gasteiger partial charge is 0.480 e. The summed E-state index contributed by atoms with van der Waals surface area (Å²) in [7, 11) is 0. The summed E-state index contributed by atoms with van der Waals surface area (Å²) in [6, 6.07) is -1.14. The number of carbonyl (C=O) groups is 1. The Kier molecular flexibility index (Phi) is 12.8. The van der Waals surface area contributed by atoms with Crippen molar-refractivity contribution in [2.45, 2.75) is 25.5 Å². The highest BCUT2D eigenvalue weighted by Gasteiger charge is 2.19. The third-order valence-electron chi connectivity index (χ3n) is 1.12. The van der Waals surface area contributed by atoms with Crippen molar-refractivity contribution in [3.63, 3.8) is 0 Å². The first-order valence-electron chi connectivity index (χ1n) is 2.76. The molecule has 0 amide bonds. The molecule has 0 aromatic heterocycles. The van der Waals surface area contributed by atoms with Crippen LogP contribution in [0.25, 0.3) is 0 Å². The Bertz CT molecular complexity index is 112. The highest BCUT2D eigenvalue weighted by molar-refractivity contribution is 7.59. The number of hydrogen-bond donors (Lipinski definition) is 3. The second-order valence-electron chi connectivity index (χ2n) is 1.84. The van der Waals surface area contributed by atoms with Crippen LogP contribution in [0.4, 0.5) is 0 Å². The fourth-order valence-electron chi connectivity index (χ4n) is 0.419. The van der Waals surface area contributed by atoms with Gasteiger partial charge in [0.25, 0.3) is 0 Å². The molecule has 0 aliphatic rings. The summed E-state index contributed by atoms with van der Waals surface area (Å²) in [4.78, 5) is 10.0. The minimum absolute atomic E-state index is 0. The van der Waals surface area contributed by atoms with Crippen LogP contribution in [0, 0.1) is 0 Å². The van der Waals surface area contributed by atoms with Gasteiger partial charge in [0.1, 0.15) is 6.04 Å². The summed E-state index contributed by atoms with van der Waals surface area (Å²) in [5.41, 5.74) is 5.02. The molecule has 0 fully saturated rings. The molecule has 0 aliphatic heterocycles. The quantitative estimate of drug-likeness (QED) is 0.569. The summed E-state index contributed by atoms with van der Waals surface area (Å²) >= 11 is 0. The molecular formula is C5H15NO3S2. The molecule has 2 atom stereocenters. The van der Waals surface area contributed by atoms with Gasteiger partial charge in [-0.05, 0) is 6.42 Å². The second kappa shape index (κ2) is 8.19. The van der Waals surface area contributed by atoms with Gasteiger partial charge in [-0.25, -0.2) is 0 Å². The minimum atomic E-state index is -1.16. The van der Waals surface area contributed by atoms with E-state index < -0.39 is 18.1 Å². The fraction of sp³-hybridized carbons (Fsp3) is 0.800. The number of hydrogen-bond acceptors (Lipinski definition) is 3. The van der Waals surface area contributed by atoms with Crippen LogP contribution in [0.2, 0.25) is 0 Å². The van der Waals surface area contributed by atoms with Crippen molar-refractivity contribution in [2.24, 2.45) is 5.73 Å². The summed E-state index contributed by atoms with van der Waals surface area (Å²) in [5, 5.41) is 17.0. The van der Waals surface area contributed by atoms with Gasteiger partial charge in [0.05, 0.1) is 6.10 Å². The molecule has 0 aromatic carbocycles. The first-order chi connectivity index (χ1) is 4.09. The lowest BCUT2D eigenvalue weighted by atomic mass is 10.1. The van der Waals surface area contributed by atoms with E-state index in [9.17, 15) is 4.79 Å². The van der Waals surface area contributed by atoms with Gasteiger partial charge in [0, 0.05) is 0 Å². The molecule has 70 valence electrons. The number of carboxylic acids is 1. The molecule has 0 saturated carbocycles. The molecule has 6 heteroatoms. The van der Waals surface area contributed by atoms with Crippen molar-refractivity contribution in [1.82, 2.24) is 0 Å². The molecule has 11 heavy (non-hydrogen) atoms. The van der Waals surface area contributed by atoms with Crippen molar-refractivity contribution in [3.8, 4) is 0 Å². The molecular weight excluding hydrogens is 186 g/mol. The third-order valence-corrected chi connectivity index (χ3v) is 1.12. The molecule has 4 nitrogen and oxygen atoms in total. The number of aliphatic hydroxyl groups is 1. The Hall–Kier alpha value is 0.0900. The molecule has 0 aliphatic carbocycles. The van der Waals surface area contributed by atoms with E-state index in [2.05, 4.69) is 0 Å². The van der Waals surface area contributed by atoms with E-state index in [0.29, 0.717) is 6.42 Å². The van der Waals surface area contributed by atoms with Crippen LogP contribution in [0.1, 0.15) is 13.3 Å². The van der Waals surface area contributed by atoms with Crippen LogP contribution in [0.5, 0.6) is 0 Å². The van der Waals surface area contributed by atoms with E-state index in [1.54, 1.807) is 6.92 Å². The van der Waals surface area contributed by atoms with Crippen molar-refractivity contribution >= 4 is 33.0 Å². The standard InChI is InChI=1S/C5H11NO3.2H2S/c1-2-3(7)4(6)5(8)9;;/h3-4,7H,2,6H2,1H3,(H,8,9);2*1H2/t3-,4-;;/m0../s1. The van der Waals surface area contributed by atoms with E-state index >= 15 is 0 Å². The van der Waals surface area contributed by atoms with Crippen LogP contribution < -0.4 is 5.73 Å². The smallest absolute Gasteiger partial charge is 0.323 e. The summed E-state index contributed by atoms with van der Waals surface area (Å²) in [6.45, 7) is 1.67. The molecule has 0 radical (unpaired) electrons. The van der Waals surface area contributed by atoms with Gasteiger partial charge in [0.2, 0.25) is 0 Å². The molecule has 0 bridgehead atoms. The van der Waals surface area contributed by atoms with E-state index in [0.717, 1.165) is 0 Å². The maximum absolute atomic E-state index is 10.0. The Morgan fingerprint density at radius 3 is 2.00 bits per heavy atom. The predicted molar refractivity (Wildman–Crippen MR) is 52.7 cm³/mol. The Morgan fingerprint density at radius 1 is 1.55 bits per heavy atom. The third kappa shape index (κ3) is 6.49. The van der Waals surface area contributed by atoms with E-state index in [1.807, 2.05) is 0 Å². The maximum Gasteiger partial charge on any atom is 0.323 e. The van der Waals surface area contributed by atoms with E-state index in [-0.39, 0.29) is 27.0 Å². The molecule has 0 spiro atoms. The number of nitrogens with two attached hydrogens (primary N) is 1. The summed E-state index contributed by atoms with van der Waals surface area (Å²) in [5.74, 6) is -1.16. The molecule has 0 rings (SSSR count). The van der Waals surface area contributed by atoms with Crippen molar-refractivity contribution in [2.75, 3.05) is 0 Å². The molecule has 0 saturated heterocycles. The fourth-order valence-corrected chi connectivity index (χ4v) is 0.419. The van der Waals surface area contributed by atoms with Gasteiger partial charge in [-0.15, -0.1) is 0 Å². The Morgan fingerprint density at radius 2 is 1.91 bits per heavy atom. The van der Waals surface area contributed by atoms with Crippen molar-refractivity contribution < 1.29 is 15.0 Å². The first kappa shape index (κ1) is 17.3. The zero-order chi connectivity index (χ0) is 7.44. The highest BCUT2D eigenvalue weighted by Crippen LogP contribution is 1.94. The Balaban J connectivity index is -0.000000320. The monoisotopic (exact) mass is 201 g/mol. The summed E-state index contributed by atoms with van der Waals surface area (Å²) < 4.78 is 0. The molecule has 0 aromatic rings. The van der Waals surface area contributed by atoms with Crippen LogP contribution in [0.15, 0.2) is 0 Å². The Labute approximate surface area is 79.7 Å². The minimum Gasteiger partial charge on any atom is -0.480 e. The van der Waals surface area contributed by atoms with Crippen molar-refractivity contribution in [1.29, 1.82) is 0 Å². The second-order valence-corrected chi connectivity index (χ2v) is 1.84. The van der Waals surface area contributed by atoms with Crippen LogP contribution in [-0.2, 0) is 4.79 Å². The number of aliphatic carboxylic acids is 1. The number of rotatable bonds is 3. The van der Waals surface area contributed by atoms with Crippen molar-refractivity contribution in [3.05, 3.63) is 0 Å². The normalized spacial score (nSPS) is 13.7. The number of carboxylic acid groups (broad SMARTS) is 1. The lowest BCUT2D eigenvalue weighted by molar-refractivity contribution is -0.141. The van der Waals surface area contributed by atoms with Gasteiger partial charge < -0.3 is 15.9 Å². The van der Waals surface area contributed by atoms with Gasteiger partial charge >= 0.3 is 5.97 Å². The zero-order valence-electron chi connectivity index (χ0n) is 6.24. The molecule has 4 N–H and O–H groups in total. The maximum atomic E-state index is 10.0. The van der Waals surface area contributed by atoms with Crippen LogP contribution >= 0.6 is 27.0 Å². The predicted octanol–water partition coefficient (Wildman–Crippen LogP) is -0.605. The average Bonchev–Trinajstić information content (AvgIpc) is 1.84. The van der Waals surface area contributed by atoms with Gasteiger partial charge in [-0.3, -0.25) is 4.79 Å². The van der Waals surface area contributed by atoms with Crippen LogP contribution in [-0.4, -0.2) is 28.3 Å². The molecule has 0 unspecified atom stereocenters. The first-order valence-corrected chi connectivity index (χ1v) is 2.76. The van der Waals surface area contributed by atoms with Gasteiger partial charge in [-0.2, -0.15) is 27.0 Å². The SMILES string of the molecule is CC[C@H](O)[C@H](N)C(=O)O.S.S. The number of aliphatic hydroxyl groups excluding tert-OH is 1. The lowest BCUT2D eigenvalue weighted by Crippen LogP contribution is -2.41. The van der Waals surface area contributed by atoms with E-state index in [4.69, 9.17) is 15.9 Å². The van der Waals surface area contributed by atoms with Crippen LogP contribution in [0.3, 0.4) is 0 Å². The molecule has 0 heterocycles. The summed E-state index contributed by atoms with van der Waals surface area (Å²) in [6.07, 6.45) is -0.560.